The third-order valence-corrected chi connectivity index (χ3v) is 3.04. The van der Waals surface area contributed by atoms with Gasteiger partial charge >= 0.3 is 5.97 Å². The van der Waals surface area contributed by atoms with Crippen molar-refractivity contribution in [2.24, 2.45) is 0 Å². The Balaban J connectivity index is 2.40. The van der Waals surface area contributed by atoms with Gasteiger partial charge in [0.2, 0.25) is 5.69 Å². The first-order valence-electron chi connectivity index (χ1n) is 5.79. The topological polar surface area (TPSA) is 131 Å². The summed E-state index contributed by atoms with van der Waals surface area (Å²) in [6.45, 7) is -0.515. The van der Waals surface area contributed by atoms with E-state index < -0.39 is 48.4 Å². The van der Waals surface area contributed by atoms with Crippen LogP contribution in [0.3, 0.4) is 0 Å². The molecule has 1 aliphatic rings. The summed E-state index contributed by atoms with van der Waals surface area (Å²) < 4.78 is 10.5. The molecule has 4 atom stereocenters. The van der Waals surface area contributed by atoms with Gasteiger partial charge in [-0.2, -0.15) is 0 Å². The zero-order valence-corrected chi connectivity index (χ0v) is 10.5. The van der Waals surface area contributed by atoms with Crippen LogP contribution in [0, 0.1) is 0 Å². The number of nitrogens with zero attached hydrogens (tertiary/aromatic N) is 2. The Hall–Kier alpha value is -1.81. The summed E-state index contributed by atoms with van der Waals surface area (Å²) in [5, 5.41) is 28.5. The molecule has 1 aromatic rings. The zero-order valence-electron chi connectivity index (χ0n) is 10.5. The Kier molecular flexibility index (Phi) is 4.14. The molecule has 1 fully saturated rings. The van der Waals surface area contributed by atoms with Gasteiger partial charge in [-0.15, -0.1) is 0 Å². The average Bonchev–Trinajstić information content (AvgIpc) is 2.74. The first-order chi connectivity index (χ1) is 9.51. The van der Waals surface area contributed by atoms with Crippen LogP contribution in [0.4, 0.5) is 0 Å². The smallest absolute Gasteiger partial charge is 0.362 e. The summed E-state index contributed by atoms with van der Waals surface area (Å²) >= 11 is 0. The van der Waals surface area contributed by atoms with E-state index in [1.54, 1.807) is 0 Å². The fraction of sp³-hybridized carbons (Fsp3) is 0.545. The molecule has 2 rings (SSSR count). The first-order valence-corrected chi connectivity index (χ1v) is 5.79. The van der Waals surface area contributed by atoms with E-state index in [2.05, 4.69) is 9.72 Å². The highest BCUT2D eigenvalue weighted by atomic mass is 16.6. The molecular weight excluding hydrogens is 272 g/mol. The van der Waals surface area contributed by atoms with Gasteiger partial charge in [-0.05, 0) is 0 Å². The predicted octanol–water partition coefficient (Wildman–Crippen LogP) is -2.36. The Labute approximate surface area is 113 Å². The van der Waals surface area contributed by atoms with E-state index in [0.717, 1.165) is 11.7 Å². The molecule has 0 aromatic carbocycles. The molecule has 0 bridgehead atoms. The highest BCUT2D eigenvalue weighted by Gasteiger charge is 2.43. The van der Waals surface area contributed by atoms with Gasteiger partial charge in [-0.25, -0.2) is 9.78 Å². The molecule has 2 heterocycles. The van der Waals surface area contributed by atoms with Crippen LogP contribution in [-0.2, 0) is 9.47 Å². The second-order valence-electron chi connectivity index (χ2n) is 4.21. The summed E-state index contributed by atoms with van der Waals surface area (Å²) in [6, 6.07) is 0. The maximum absolute atomic E-state index is 12.1. The van der Waals surface area contributed by atoms with E-state index in [1.165, 1.54) is 12.4 Å². The number of aromatic nitrogens is 2. The largest absolute Gasteiger partial charge is 0.464 e. The van der Waals surface area contributed by atoms with Crippen molar-refractivity contribution in [2.45, 2.75) is 24.5 Å². The number of aliphatic hydroxyl groups excluding tert-OH is 3. The SMILES string of the molecule is COC(=O)c1nccn([C@@H]2O[C@H](CO)[C@@H](O)[C@H]2O)c1=O. The summed E-state index contributed by atoms with van der Waals surface area (Å²) in [4.78, 5) is 27.1. The lowest BCUT2D eigenvalue weighted by atomic mass is 10.1. The first kappa shape index (κ1) is 14.6. The second kappa shape index (κ2) is 5.67. The number of ether oxygens (including phenoxy) is 2. The number of hydrogen-bond acceptors (Lipinski definition) is 8. The highest BCUT2D eigenvalue weighted by Crippen LogP contribution is 2.27. The number of esters is 1. The molecule has 110 valence electrons. The Morgan fingerprint density at radius 1 is 1.50 bits per heavy atom. The van der Waals surface area contributed by atoms with Gasteiger partial charge in [0.25, 0.3) is 5.56 Å². The molecule has 9 nitrogen and oxygen atoms in total. The zero-order chi connectivity index (χ0) is 14.9. The molecule has 0 unspecified atom stereocenters. The number of hydrogen-bond donors (Lipinski definition) is 3. The van der Waals surface area contributed by atoms with Crippen LogP contribution in [-0.4, -0.2) is 62.9 Å². The van der Waals surface area contributed by atoms with Gasteiger partial charge in [0.05, 0.1) is 13.7 Å². The van der Waals surface area contributed by atoms with Gasteiger partial charge < -0.3 is 24.8 Å². The molecule has 20 heavy (non-hydrogen) atoms. The highest BCUT2D eigenvalue weighted by molar-refractivity contribution is 5.86. The van der Waals surface area contributed by atoms with Crippen LogP contribution in [0.15, 0.2) is 17.2 Å². The normalized spacial score (nSPS) is 29.4. The quantitative estimate of drug-likeness (QED) is 0.526. The Morgan fingerprint density at radius 2 is 2.20 bits per heavy atom. The molecular formula is C11H14N2O7. The third-order valence-electron chi connectivity index (χ3n) is 3.04. The number of aliphatic hydroxyl groups is 3. The standard InChI is InChI=1S/C11H14N2O7/c1-19-11(18)6-9(17)13(3-2-12-6)10-8(16)7(15)5(4-14)20-10/h2-3,5,7-8,10,14-16H,4H2,1H3/t5-,7-,8-,10-/m1/s1. The number of carbonyl (C=O) groups excluding carboxylic acids is 1. The Morgan fingerprint density at radius 3 is 2.75 bits per heavy atom. The fourth-order valence-corrected chi connectivity index (χ4v) is 1.97. The summed E-state index contributed by atoms with van der Waals surface area (Å²) in [7, 11) is 1.10. The van der Waals surface area contributed by atoms with E-state index in [4.69, 9.17) is 9.84 Å². The monoisotopic (exact) mass is 286 g/mol. The van der Waals surface area contributed by atoms with Crippen LogP contribution >= 0.6 is 0 Å². The number of carbonyl (C=O) groups is 1. The van der Waals surface area contributed by atoms with Crippen molar-refractivity contribution < 1.29 is 29.6 Å². The van der Waals surface area contributed by atoms with Crippen molar-refractivity contribution in [1.29, 1.82) is 0 Å². The molecule has 9 heteroatoms. The molecule has 1 saturated heterocycles. The van der Waals surface area contributed by atoms with Crippen molar-refractivity contribution in [3.8, 4) is 0 Å². The van der Waals surface area contributed by atoms with Gasteiger partial charge in [0, 0.05) is 12.4 Å². The van der Waals surface area contributed by atoms with E-state index in [0.29, 0.717) is 0 Å². The van der Waals surface area contributed by atoms with Crippen molar-refractivity contribution >= 4 is 5.97 Å². The maximum Gasteiger partial charge on any atom is 0.362 e. The minimum Gasteiger partial charge on any atom is -0.464 e. The lowest BCUT2D eigenvalue weighted by molar-refractivity contribution is -0.0546. The summed E-state index contributed by atoms with van der Waals surface area (Å²) in [6.07, 6.45) is -2.63. The van der Waals surface area contributed by atoms with E-state index >= 15 is 0 Å². The number of rotatable bonds is 3. The average molecular weight is 286 g/mol. The lowest BCUT2D eigenvalue weighted by Gasteiger charge is -2.17. The van der Waals surface area contributed by atoms with Gasteiger partial charge in [-0.1, -0.05) is 0 Å². The molecule has 3 N–H and O–H groups in total. The second-order valence-corrected chi connectivity index (χ2v) is 4.21. The minimum absolute atomic E-state index is 0.465. The lowest BCUT2D eigenvalue weighted by Crippen LogP contribution is -2.37. The van der Waals surface area contributed by atoms with Crippen LogP contribution in [0.25, 0.3) is 0 Å². The van der Waals surface area contributed by atoms with E-state index in [1.807, 2.05) is 0 Å². The van der Waals surface area contributed by atoms with E-state index in [-0.39, 0.29) is 0 Å². The maximum atomic E-state index is 12.1. The third kappa shape index (κ3) is 2.31. The Bertz CT molecular complexity index is 558. The van der Waals surface area contributed by atoms with E-state index in [9.17, 15) is 19.8 Å². The molecule has 0 amide bonds. The van der Waals surface area contributed by atoms with Crippen LogP contribution < -0.4 is 5.56 Å². The molecule has 0 saturated carbocycles. The molecule has 0 aliphatic carbocycles. The minimum atomic E-state index is -1.42. The van der Waals surface area contributed by atoms with Crippen molar-refractivity contribution in [3.63, 3.8) is 0 Å². The van der Waals surface area contributed by atoms with Crippen LogP contribution in [0.1, 0.15) is 16.7 Å². The molecule has 0 spiro atoms. The van der Waals surface area contributed by atoms with Gasteiger partial charge in [0.1, 0.15) is 18.3 Å². The molecule has 1 aromatic heterocycles. The van der Waals surface area contributed by atoms with Crippen LogP contribution in [0.2, 0.25) is 0 Å². The van der Waals surface area contributed by atoms with Crippen molar-refractivity contribution in [3.05, 3.63) is 28.4 Å². The van der Waals surface area contributed by atoms with Crippen molar-refractivity contribution in [2.75, 3.05) is 13.7 Å². The summed E-state index contributed by atoms with van der Waals surface area (Å²) in [5.41, 5.74) is -1.29. The van der Waals surface area contributed by atoms with Crippen molar-refractivity contribution in [1.82, 2.24) is 9.55 Å². The fourth-order valence-electron chi connectivity index (χ4n) is 1.97. The summed E-state index contributed by atoms with van der Waals surface area (Å²) in [5.74, 6) is -0.920. The van der Waals surface area contributed by atoms with Gasteiger partial charge in [0.15, 0.2) is 6.23 Å². The molecule has 0 radical (unpaired) electrons. The predicted molar refractivity (Wildman–Crippen MR) is 62.8 cm³/mol. The van der Waals surface area contributed by atoms with Gasteiger partial charge in [-0.3, -0.25) is 9.36 Å². The van der Waals surface area contributed by atoms with Crippen LogP contribution in [0.5, 0.6) is 0 Å². The number of methoxy groups -OCH3 is 1. The molecule has 1 aliphatic heterocycles.